The Kier molecular flexibility index (Phi) is 7.90. The number of aromatic hydroxyl groups is 1. The fourth-order valence-corrected chi connectivity index (χ4v) is 4.01. The average molecular weight is 534 g/mol. The van der Waals surface area contributed by atoms with Crippen molar-refractivity contribution in [2.75, 3.05) is 18.5 Å². The second kappa shape index (κ2) is 11.8. The molecule has 204 valence electrons. The number of aromatic amines is 2. The third-order valence-corrected chi connectivity index (χ3v) is 6.10. The molecule has 1 fully saturated rings. The van der Waals surface area contributed by atoms with Crippen LogP contribution >= 0.6 is 0 Å². The second-order valence-corrected chi connectivity index (χ2v) is 9.29. The van der Waals surface area contributed by atoms with Gasteiger partial charge in [-0.25, -0.2) is 9.78 Å². The van der Waals surface area contributed by atoms with Crippen molar-refractivity contribution in [2.24, 2.45) is 4.99 Å². The summed E-state index contributed by atoms with van der Waals surface area (Å²) in [5.41, 5.74) is 1.76. The van der Waals surface area contributed by atoms with Gasteiger partial charge in [0.2, 0.25) is 5.88 Å². The highest BCUT2D eigenvalue weighted by Crippen LogP contribution is 2.23. The van der Waals surface area contributed by atoms with Crippen LogP contribution in [0.4, 0.5) is 11.5 Å². The Labute approximate surface area is 223 Å². The molecule has 0 bridgehead atoms. The number of hydrogen-bond acceptors (Lipinski definition) is 9. The fraction of sp³-hybridized carbons (Fsp3) is 0.370. The van der Waals surface area contributed by atoms with E-state index in [-0.39, 0.29) is 23.6 Å². The number of anilines is 2. The molecule has 39 heavy (non-hydrogen) atoms. The first-order valence-electron chi connectivity index (χ1n) is 13.1. The van der Waals surface area contributed by atoms with Gasteiger partial charge in [-0.3, -0.25) is 14.8 Å². The van der Waals surface area contributed by atoms with Crippen LogP contribution in [0.15, 0.2) is 46.3 Å². The van der Waals surface area contributed by atoms with E-state index in [1.54, 1.807) is 16.8 Å². The number of benzene rings is 1. The van der Waals surface area contributed by atoms with Gasteiger partial charge in [0.05, 0.1) is 25.5 Å². The summed E-state index contributed by atoms with van der Waals surface area (Å²) in [5.74, 6) is 0.934. The Balaban J connectivity index is 1.28. The van der Waals surface area contributed by atoms with Crippen LogP contribution in [0.2, 0.25) is 0 Å². The predicted molar refractivity (Wildman–Crippen MR) is 144 cm³/mol. The van der Waals surface area contributed by atoms with E-state index >= 15 is 0 Å². The van der Waals surface area contributed by atoms with Crippen LogP contribution in [0, 0.1) is 0 Å². The molecular formula is C27H31N7O5. The van der Waals surface area contributed by atoms with E-state index in [0.29, 0.717) is 41.8 Å². The maximum Gasteiger partial charge on any atom is 0.326 e. The molecule has 0 radical (unpaired) electrons. The van der Waals surface area contributed by atoms with E-state index in [1.807, 2.05) is 37.3 Å². The van der Waals surface area contributed by atoms with Crippen molar-refractivity contribution in [3.8, 4) is 11.6 Å². The van der Waals surface area contributed by atoms with E-state index in [4.69, 9.17) is 19.5 Å². The fourth-order valence-electron chi connectivity index (χ4n) is 4.01. The first-order valence-corrected chi connectivity index (χ1v) is 13.1. The molecule has 3 heterocycles. The highest BCUT2D eigenvalue weighted by molar-refractivity contribution is 5.69. The predicted octanol–water partition coefficient (Wildman–Crippen LogP) is 2.31. The number of rotatable bonds is 12. The smallest absolute Gasteiger partial charge is 0.326 e. The van der Waals surface area contributed by atoms with Gasteiger partial charge in [0.25, 0.3) is 0 Å². The second-order valence-electron chi connectivity index (χ2n) is 9.29. The number of unbranched alkanes of at least 4 members (excludes halogenated alkanes) is 2. The summed E-state index contributed by atoms with van der Waals surface area (Å²) in [7, 11) is 0. The SMILES string of the molecule is CCOC(=O)CCCCCOc1ccc(Nc2cc(=NC3CC3)n3nc/c(=C/c4[nH]c(=O)[nH]c4O)c3n2)cc1. The Morgan fingerprint density at radius 3 is 2.77 bits per heavy atom. The molecular weight excluding hydrogens is 502 g/mol. The van der Waals surface area contributed by atoms with Crippen molar-refractivity contribution < 1.29 is 19.4 Å². The lowest BCUT2D eigenvalue weighted by Gasteiger charge is -2.09. The highest BCUT2D eigenvalue weighted by Gasteiger charge is 2.20. The number of aromatic nitrogens is 5. The number of ether oxygens (including phenoxy) is 2. The van der Waals surface area contributed by atoms with Crippen molar-refractivity contribution in [1.82, 2.24) is 24.6 Å². The molecule has 0 atom stereocenters. The van der Waals surface area contributed by atoms with Crippen LogP contribution in [0.3, 0.4) is 0 Å². The number of fused-ring (bicyclic) bond motifs is 1. The summed E-state index contributed by atoms with van der Waals surface area (Å²) in [4.78, 5) is 37.3. The molecule has 4 N–H and O–H groups in total. The lowest BCUT2D eigenvalue weighted by atomic mass is 10.2. The molecule has 1 aliphatic carbocycles. The molecule has 0 aliphatic heterocycles. The van der Waals surface area contributed by atoms with Gasteiger partial charge < -0.3 is 24.9 Å². The molecule has 12 nitrogen and oxygen atoms in total. The summed E-state index contributed by atoms with van der Waals surface area (Å²) in [6.45, 7) is 2.80. The third kappa shape index (κ3) is 6.83. The molecule has 0 amide bonds. The number of carbonyl (C=O) groups is 1. The molecule has 0 spiro atoms. The van der Waals surface area contributed by atoms with Gasteiger partial charge in [0.15, 0.2) is 11.1 Å². The first-order chi connectivity index (χ1) is 19.0. The van der Waals surface area contributed by atoms with Crippen LogP contribution in [0.1, 0.15) is 51.1 Å². The monoisotopic (exact) mass is 533 g/mol. The average Bonchev–Trinajstić information content (AvgIpc) is 3.55. The Morgan fingerprint density at radius 1 is 1.23 bits per heavy atom. The Morgan fingerprint density at radius 2 is 2.05 bits per heavy atom. The first kappa shape index (κ1) is 26.0. The molecule has 3 aromatic heterocycles. The van der Waals surface area contributed by atoms with Crippen molar-refractivity contribution in [2.45, 2.75) is 51.5 Å². The van der Waals surface area contributed by atoms with Gasteiger partial charge in [0.1, 0.15) is 17.3 Å². The number of carbonyl (C=O) groups excluding carboxylic acids is 1. The maximum absolute atomic E-state index is 11.5. The molecule has 1 aromatic carbocycles. The third-order valence-electron chi connectivity index (χ3n) is 6.10. The lowest BCUT2D eigenvalue weighted by molar-refractivity contribution is -0.143. The van der Waals surface area contributed by atoms with Crippen molar-refractivity contribution >= 4 is 29.2 Å². The summed E-state index contributed by atoms with van der Waals surface area (Å²) >= 11 is 0. The summed E-state index contributed by atoms with van der Waals surface area (Å²) in [5, 5.41) is 18.3. The van der Waals surface area contributed by atoms with Gasteiger partial charge in [-0.1, -0.05) is 0 Å². The van der Waals surface area contributed by atoms with E-state index in [0.717, 1.165) is 43.5 Å². The minimum Gasteiger partial charge on any atom is -0.494 e. The Bertz CT molecular complexity index is 1620. The minimum absolute atomic E-state index is 0.151. The number of nitrogens with zero attached hydrogens (tertiary/aromatic N) is 4. The van der Waals surface area contributed by atoms with E-state index in [1.165, 1.54) is 0 Å². The summed E-state index contributed by atoms with van der Waals surface area (Å²) < 4.78 is 12.4. The van der Waals surface area contributed by atoms with Crippen LogP contribution in [-0.4, -0.2) is 54.9 Å². The molecule has 0 saturated heterocycles. The molecule has 5 rings (SSSR count). The molecule has 1 aliphatic rings. The highest BCUT2D eigenvalue weighted by atomic mass is 16.5. The topological polar surface area (TPSA) is 159 Å². The number of nitrogens with one attached hydrogen (secondary N) is 3. The van der Waals surface area contributed by atoms with E-state index in [2.05, 4.69) is 20.4 Å². The van der Waals surface area contributed by atoms with Gasteiger partial charge >= 0.3 is 11.7 Å². The number of imidazole rings is 1. The lowest BCUT2D eigenvalue weighted by Crippen LogP contribution is -2.19. The van der Waals surface area contributed by atoms with Crippen molar-refractivity contribution in [3.05, 3.63) is 63.4 Å². The van der Waals surface area contributed by atoms with Crippen molar-refractivity contribution in [1.29, 1.82) is 0 Å². The maximum atomic E-state index is 11.5. The zero-order valence-electron chi connectivity index (χ0n) is 21.6. The van der Waals surface area contributed by atoms with Gasteiger partial charge in [-0.05, 0) is 69.4 Å². The number of esters is 1. The van der Waals surface area contributed by atoms with Gasteiger partial charge in [-0.2, -0.15) is 9.61 Å². The summed E-state index contributed by atoms with van der Waals surface area (Å²) in [6.07, 6.45) is 8.29. The molecule has 0 unspecified atom stereocenters. The van der Waals surface area contributed by atoms with Crippen molar-refractivity contribution in [3.63, 3.8) is 0 Å². The zero-order valence-corrected chi connectivity index (χ0v) is 21.6. The number of H-pyrrole nitrogens is 2. The van der Waals surface area contributed by atoms with E-state index in [9.17, 15) is 14.7 Å². The van der Waals surface area contributed by atoms with Crippen LogP contribution < -0.4 is 26.4 Å². The van der Waals surface area contributed by atoms with Crippen LogP contribution in [0.25, 0.3) is 11.7 Å². The zero-order chi connectivity index (χ0) is 27.2. The van der Waals surface area contributed by atoms with E-state index < -0.39 is 5.69 Å². The minimum atomic E-state index is -0.503. The van der Waals surface area contributed by atoms with Gasteiger partial charge in [0, 0.05) is 23.4 Å². The van der Waals surface area contributed by atoms with Gasteiger partial charge in [-0.15, -0.1) is 0 Å². The summed E-state index contributed by atoms with van der Waals surface area (Å²) in [6, 6.07) is 9.71. The number of hydrogen-bond donors (Lipinski definition) is 4. The molecule has 12 heteroatoms. The van der Waals surface area contributed by atoms with Crippen LogP contribution in [0.5, 0.6) is 11.6 Å². The van der Waals surface area contributed by atoms with Crippen LogP contribution in [-0.2, 0) is 9.53 Å². The normalized spacial score (nSPS) is 14.2. The molecule has 1 saturated carbocycles. The Hall–Kier alpha value is -4.61. The quantitative estimate of drug-likeness (QED) is 0.159. The largest absolute Gasteiger partial charge is 0.494 e. The standard InChI is InChI=1S/C27H31N7O5/c1-2-38-24(35)6-4-3-5-13-39-20-11-9-18(10-12-20)29-22-15-23(30-19-7-8-19)34-25(32-22)17(16-28-34)14-21-26(36)33-27(37)31-21/h9-12,14-16,19,29,36H,2-8,13H2,1H3,(H2,31,33,37)/b17-14-,30-23?. The molecule has 4 aromatic rings.